The van der Waals surface area contributed by atoms with Gasteiger partial charge in [-0.05, 0) is 50.8 Å². The summed E-state index contributed by atoms with van der Waals surface area (Å²) in [6, 6.07) is 11.9. The predicted molar refractivity (Wildman–Crippen MR) is 86.4 cm³/mol. The summed E-state index contributed by atoms with van der Waals surface area (Å²) in [7, 11) is 3.99. The second-order valence-corrected chi connectivity index (χ2v) is 5.22. The maximum atomic E-state index is 5.95. The molecule has 0 fully saturated rings. The van der Waals surface area contributed by atoms with Gasteiger partial charge in [-0.3, -0.25) is 9.89 Å². The van der Waals surface area contributed by atoms with E-state index in [0.717, 1.165) is 11.4 Å². The van der Waals surface area contributed by atoms with Crippen molar-refractivity contribution >= 4 is 11.6 Å². The highest BCUT2D eigenvalue weighted by molar-refractivity contribution is 5.92. The van der Waals surface area contributed by atoms with E-state index in [9.17, 15) is 0 Å². The second-order valence-electron chi connectivity index (χ2n) is 5.22. The Morgan fingerprint density at radius 1 is 1.33 bits per heavy atom. The van der Waals surface area contributed by atoms with Gasteiger partial charge in [-0.1, -0.05) is 12.1 Å². The molecule has 1 aromatic heterocycles. The molecule has 0 aliphatic rings. The van der Waals surface area contributed by atoms with Crippen LogP contribution < -0.4 is 11.1 Å². The Kier molecular flexibility index (Phi) is 5.00. The Bertz CT molecular complexity index is 590. The third-order valence-electron chi connectivity index (χ3n) is 3.22. The number of rotatable bonds is 5. The Morgan fingerprint density at radius 3 is 2.76 bits per heavy atom. The van der Waals surface area contributed by atoms with Gasteiger partial charge in [0.1, 0.15) is 5.76 Å². The van der Waals surface area contributed by atoms with Gasteiger partial charge < -0.3 is 15.5 Å². The van der Waals surface area contributed by atoms with E-state index >= 15 is 0 Å². The molecule has 0 radical (unpaired) electrons. The highest BCUT2D eigenvalue weighted by atomic mass is 16.3. The molecule has 0 bridgehead atoms. The summed E-state index contributed by atoms with van der Waals surface area (Å²) in [6.07, 6.45) is 1.67. The molecule has 1 unspecified atom stereocenters. The topological polar surface area (TPSA) is 66.8 Å². The molecule has 21 heavy (non-hydrogen) atoms. The zero-order valence-electron chi connectivity index (χ0n) is 12.7. The molecule has 2 rings (SSSR count). The quantitative estimate of drug-likeness (QED) is 0.655. The van der Waals surface area contributed by atoms with Crippen LogP contribution in [0, 0.1) is 6.92 Å². The minimum absolute atomic E-state index is 0.0675. The van der Waals surface area contributed by atoms with Gasteiger partial charge in [0.15, 0.2) is 5.96 Å². The zero-order chi connectivity index (χ0) is 15.2. The molecular formula is C16H22N4O. The van der Waals surface area contributed by atoms with Crippen LogP contribution >= 0.6 is 0 Å². The van der Waals surface area contributed by atoms with Crippen LogP contribution in [-0.2, 0) is 0 Å². The molecule has 0 aliphatic heterocycles. The Balaban J connectivity index is 2.01. The highest BCUT2D eigenvalue weighted by Crippen LogP contribution is 2.18. The lowest BCUT2D eigenvalue weighted by atomic mass is 10.2. The molecule has 0 spiro atoms. The Morgan fingerprint density at radius 2 is 2.14 bits per heavy atom. The van der Waals surface area contributed by atoms with Crippen LogP contribution in [0.25, 0.3) is 0 Å². The minimum atomic E-state index is 0.0675. The number of nitrogens with two attached hydrogens (primary N) is 1. The molecule has 5 heteroatoms. The van der Waals surface area contributed by atoms with Crippen molar-refractivity contribution in [2.45, 2.75) is 13.0 Å². The maximum absolute atomic E-state index is 5.95. The third kappa shape index (κ3) is 4.36. The fourth-order valence-electron chi connectivity index (χ4n) is 2.08. The van der Waals surface area contributed by atoms with Crippen molar-refractivity contribution in [3.05, 3.63) is 54.0 Å². The van der Waals surface area contributed by atoms with Crippen LogP contribution in [0.1, 0.15) is 17.4 Å². The number of nitrogens with one attached hydrogen (secondary N) is 1. The van der Waals surface area contributed by atoms with Crippen LogP contribution in [0.3, 0.4) is 0 Å². The minimum Gasteiger partial charge on any atom is -0.468 e. The number of hydrogen-bond acceptors (Lipinski definition) is 3. The van der Waals surface area contributed by atoms with E-state index in [1.165, 1.54) is 5.56 Å². The number of guanidine groups is 1. The van der Waals surface area contributed by atoms with E-state index < -0.39 is 0 Å². The van der Waals surface area contributed by atoms with E-state index in [2.05, 4.69) is 15.2 Å². The summed E-state index contributed by atoms with van der Waals surface area (Å²) in [5.41, 5.74) is 8.06. The van der Waals surface area contributed by atoms with Crippen molar-refractivity contribution in [1.29, 1.82) is 0 Å². The van der Waals surface area contributed by atoms with Gasteiger partial charge in [-0.2, -0.15) is 0 Å². The number of anilines is 1. The Hall–Kier alpha value is -2.27. The highest BCUT2D eigenvalue weighted by Gasteiger charge is 2.16. The van der Waals surface area contributed by atoms with E-state index in [1.807, 2.05) is 57.4 Å². The van der Waals surface area contributed by atoms with Gasteiger partial charge in [0.25, 0.3) is 0 Å². The van der Waals surface area contributed by atoms with Gasteiger partial charge in [0.05, 0.1) is 18.8 Å². The lowest BCUT2D eigenvalue weighted by molar-refractivity contribution is 0.265. The average molecular weight is 286 g/mol. The summed E-state index contributed by atoms with van der Waals surface area (Å²) in [5, 5.41) is 3.10. The summed E-state index contributed by atoms with van der Waals surface area (Å²) in [4.78, 5) is 6.47. The number of benzene rings is 1. The van der Waals surface area contributed by atoms with Crippen LogP contribution in [0.5, 0.6) is 0 Å². The third-order valence-corrected chi connectivity index (χ3v) is 3.22. The molecule has 5 nitrogen and oxygen atoms in total. The summed E-state index contributed by atoms with van der Waals surface area (Å²) < 4.78 is 5.45. The second kappa shape index (κ2) is 6.95. The van der Waals surface area contributed by atoms with Crippen molar-refractivity contribution in [3.63, 3.8) is 0 Å². The zero-order valence-corrected chi connectivity index (χ0v) is 12.7. The molecule has 0 amide bonds. The summed E-state index contributed by atoms with van der Waals surface area (Å²) in [5.74, 6) is 1.28. The molecule has 0 saturated carbocycles. The number of hydrogen-bond donors (Lipinski definition) is 2. The van der Waals surface area contributed by atoms with Crippen molar-refractivity contribution in [2.75, 3.05) is 26.0 Å². The molecule has 1 aromatic carbocycles. The first-order chi connectivity index (χ1) is 10.1. The normalized spacial score (nSPS) is 13.4. The van der Waals surface area contributed by atoms with Crippen LogP contribution in [0.2, 0.25) is 0 Å². The van der Waals surface area contributed by atoms with Gasteiger partial charge in [-0.25, -0.2) is 0 Å². The van der Waals surface area contributed by atoms with E-state index in [-0.39, 0.29) is 6.04 Å². The maximum Gasteiger partial charge on any atom is 0.193 e. The van der Waals surface area contributed by atoms with Crippen molar-refractivity contribution in [3.8, 4) is 0 Å². The SMILES string of the molecule is Cc1cccc(NC(N)=NCC(c2ccco2)N(C)C)c1. The Labute approximate surface area is 125 Å². The smallest absolute Gasteiger partial charge is 0.193 e. The first kappa shape index (κ1) is 15.1. The fraction of sp³-hybridized carbons (Fsp3) is 0.312. The summed E-state index contributed by atoms with van der Waals surface area (Å²) >= 11 is 0. The van der Waals surface area contributed by atoms with Crippen molar-refractivity contribution in [2.24, 2.45) is 10.7 Å². The molecule has 1 atom stereocenters. The van der Waals surface area contributed by atoms with Gasteiger partial charge >= 0.3 is 0 Å². The molecule has 3 N–H and O–H groups in total. The first-order valence-electron chi connectivity index (χ1n) is 6.89. The van der Waals surface area contributed by atoms with E-state index in [0.29, 0.717) is 12.5 Å². The largest absolute Gasteiger partial charge is 0.468 e. The van der Waals surface area contributed by atoms with E-state index in [1.54, 1.807) is 6.26 Å². The van der Waals surface area contributed by atoms with Gasteiger partial charge in [0, 0.05) is 5.69 Å². The van der Waals surface area contributed by atoms with Crippen LogP contribution in [0.15, 0.2) is 52.1 Å². The molecule has 112 valence electrons. The number of aryl methyl sites for hydroxylation is 1. The first-order valence-corrected chi connectivity index (χ1v) is 6.89. The summed E-state index contributed by atoms with van der Waals surface area (Å²) in [6.45, 7) is 2.57. The molecule has 1 heterocycles. The standard InChI is InChI=1S/C16H22N4O/c1-12-6-4-7-13(10-12)19-16(17)18-11-14(20(2)3)15-8-5-9-21-15/h4-10,14H,11H2,1-3H3,(H3,17,18,19). The van der Waals surface area contributed by atoms with Crippen LogP contribution in [-0.4, -0.2) is 31.5 Å². The molecule has 2 aromatic rings. The number of furan rings is 1. The molecule has 0 aliphatic carbocycles. The fourth-order valence-corrected chi connectivity index (χ4v) is 2.08. The van der Waals surface area contributed by atoms with Crippen molar-refractivity contribution < 1.29 is 4.42 Å². The van der Waals surface area contributed by atoms with Crippen molar-refractivity contribution in [1.82, 2.24) is 4.90 Å². The predicted octanol–water partition coefficient (Wildman–Crippen LogP) is 2.62. The number of likely N-dealkylation sites (N-methyl/N-ethyl adjacent to an activating group) is 1. The van der Waals surface area contributed by atoms with Gasteiger partial charge in [-0.15, -0.1) is 0 Å². The van der Waals surface area contributed by atoms with Gasteiger partial charge in [0.2, 0.25) is 0 Å². The monoisotopic (exact) mass is 286 g/mol. The lowest BCUT2D eigenvalue weighted by Crippen LogP contribution is -2.27. The van der Waals surface area contributed by atoms with E-state index in [4.69, 9.17) is 10.2 Å². The van der Waals surface area contributed by atoms with Crippen LogP contribution in [0.4, 0.5) is 5.69 Å². The number of nitrogens with zero attached hydrogens (tertiary/aromatic N) is 2. The molecule has 0 saturated heterocycles. The number of aliphatic imine (C=N–C) groups is 1. The molecular weight excluding hydrogens is 264 g/mol. The lowest BCUT2D eigenvalue weighted by Gasteiger charge is -2.20. The average Bonchev–Trinajstić information content (AvgIpc) is 2.92.